The van der Waals surface area contributed by atoms with Crippen molar-refractivity contribution in [3.05, 3.63) is 71.8 Å². The van der Waals surface area contributed by atoms with Crippen LogP contribution in [0.15, 0.2) is 60.7 Å². The zero-order chi connectivity index (χ0) is 18.2. The van der Waals surface area contributed by atoms with Crippen LogP contribution in [-0.4, -0.2) is 17.8 Å². The molecule has 0 saturated heterocycles. The van der Waals surface area contributed by atoms with E-state index < -0.39 is 17.8 Å². The van der Waals surface area contributed by atoms with Crippen molar-refractivity contribution >= 4 is 12.1 Å². The molecule has 0 radical (unpaired) electrons. The first-order valence-electron chi connectivity index (χ1n) is 8.94. The first-order chi connectivity index (χ1) is 12.7. The highest BCUT2D eigenvalue weighted by Gasteiger charge is 2.38. The van der Waals surface area contributed by atoms with Crippen molar-refractivity contribution in [3.8, 4) is 0 Å². The first-order valence-corrected chi connectivity index (χ1v) is 8.94. The molecule has 1 N–H and O–H groups in total. The molecular formula is C21H23NO4. The van der Waals surface area contributed by atoms with Crippen molar-refractivity contribution in [2.45, 2.75) is 44.4 Å². The highest BCUT2D eigenvalue weighted by Crippen LogP contribution is 2.30. The molecule has 2 aromatic carbocycles. The molecule has 1 aliphatic rings. The number of benzene rings is 2. The zero-order valence-corrected chi connectivity index (χ0v) is 14.6. The normalized spacial score (nSPS) is 15.7. The molecule has 0 aliphatic heterocycles. The lowest BCUT2D eigenvalue weighted by Crippen LogP contribution is -2.53. The lowest BCUT2D eigenvalue weighted by atomic mass is 9.91. The highest BCUT2D eigenvalue weighted by atomic mass is 16.6. The zero-order valence-electron chi connectivity index (χ0n) is 14.6. The van der Waals surface area contributed by atoms with Gasteiger partial charge in [-0.05, 0) is 30.5 Å². The second-order valence-electron chi connectivity index (χ2n) is 6.50. The number of nitrogens with one attached hydrogen (secondary N) is 1. The molecule has 1 aliphatic carbocycles. The number of ether oxygens (including phenoxy) is 2. The molecule has 26 heavy (non-hydrogen) atoms. The van der Waals surface area contributed by atoms with Crippen LogP contribution < -0.4 is 5.32 Å². The van der Waals surface area contributed by atoms with E-state index in [0.29, 0.717) is 18.4 Å². The van der Waals surface area contributed by atoms with Gasteiger partial charge in [-0.25, -0.2) is 9.59 Å². The molecule has 5 heteroatoms. The van der Waals surface area contributed by atoms with Gasteiger partial charge in [0.15, 0.2) is 5.72 Å². The van der Waals surface area contributed by atoms with E-state index in [1.165, 1.54) is 0 Å². The van der Waals surface area contributed by atoms with Gasteiger partial charge in [0.25, 0.3) is 0 Å². The van der Waals surface area contributed by atoms with Crippen molar-refractivity contribution in [2.75, 3.05) is 0 Å². The lowest BCUT2D eigenvalue weighted by molar-refractivity contribution is -0.0559. The van der Waals surface area contributed by atoms with Gasteiger partial charge in [-0.1, -0.05) is 55.0 Å². The molecule has 136 valence electrons. The Labute approximate surface area is 153 Å². The molecule has 0 spiro atoms. The van der Waals surface area contributed by atoms with E-state index in [-0.39, 0.29) is 6.61 Å². The quantitative estimate of drug-likeness (QED) is 0.638. The third-order valence-electron chi connectivity index (χ3n) is 4.50. The largest absolute Gasteiger partial charge is 0.445 e. The summed E-state index contributed by atoms with van der Waals surface area (Å²) in [5.41, 5.74) is 0.373. The van der Waals surface area contributed by atoms with E-state index in [9.17, 15) is 9.59 Å². The standard InChI is InChI=1S/C21H23NO4/c23-19(18-12-6-2-7-13-18)26-21(14-8-3-9-15-21)22-20(24)25-16-17-10-4-1-5-11-17/h1-2,4-7,10-13H,3,8-9,14-16H2,(H,22,24). The van der Waals surface area contributed by atoms with Crippen molar-refractivity contribution in [1.29, 1.82) is 0 Å². The van der Waals surface area contributed by atoms with Gasteiger partial charge < -0.3 is 9.47 Å². The third kappa shape index (κ3) is 4.85. The van der Waals surface area contributed by atoms with E-state index in [1.807, 2.05) is 36.4 Å². The van der Waals surface area contributed by atoms with Crippen LogP contribution in [-0.2, 0) is 16.1 Å². The van der Waals surface area contributed by atoms with Crippen LogP contribution in [0, 0.1) is 0 Å². The van der Waals surface area contributed by atoms with Crippen LogP contribution in [0.2, 0.25) is 0 Å². The molecule has 2 aromatic rings. The van der Waals surface area contributed by atoms with Gasteiger partial charge in [0.05, 0.1) is 5.56 Å². The summed E-state index contributed by atoms with van der Waals surface area (Å²) in [5, 5.41) is 2.80. The average Bonchev–Trinajstić information content (AvgIpc) is 2.68. The topological polar surface area (TPSA) is 64.6 Å². The summed E-state index contributed by atoms with van der Waals surface area (Å²) >= 11 is 0. The minimum atomic E-state index is -1.00. The second-order valence-corrected chi connectivity index (χ2v) is 6.50. The van der Waals surface area contributed by atoms with E-state index in [0.717, 1.165) is 24.8 Å². The summed E-state index contributed by atoms with van der Waals surface area (Å²) in [5.74, 6) is -0.434. The fourth-order valence-electron chi connectivity index (χ4n) is 3.13. The van der Waals surface area contributed by atoms with Crippen LogP contribution in [0.5, 0.6) is 0 Å². The number of rotatable bonds is 5. The number of amides is 1. The summed E-state index contributed by atoms with van der Waals surface area (Å²) < 4.78 is 11.0. The van der Waals surface area contributed by atoms with Crippen molar-refractivity contribution in [1.82, 2.24) is 5.32 Å². The highest BCUT2D eigenvalue weighted by molar-refractivity contribution is 5.89. The molecule has 0 aromatic heterocycles. The van der Waals surface area contributed by atoms with Crippen LogP contribution in [0.4, 0.5) is 4.79 Å². The van der Waals surface area contributed by atoms with Crippen molar-refractivity contribution < 1.29 is 19.1 Å². The minimum Gasteiger partial charge on any atom is -0.445 e. The smallest absolute Gasteiger partial charge is 0.410 e. The maximum atomic E-state index is 12.5. The summed E-state index contributed by atoms with van der Waals surface area (Å²) in [6, 6.07) is 18.3. The lowest BCUT2D eigenvalue weighted by Gasteiger charge is -2.36. The van der Waals surface area contributed by atoms with Crippen LogP contribution in [0.3, 0.4) is 0 Å². The van der Waals surface area contributed by atoms with Gasteiger partial charge in [-0.3, -0.25) is 5.32 Å². The van der Waals surface area contributed by atoms with Gasteiger partial charge >= 0.3 is 12.1 Å². The van der Waals surface area contributed by atoms with Crippen LogP contribution >= 0.6 is 0 Å². The molecule has 3 rings (SSSR count). The van der Waals surface area contributed by atoms with Crippen LogP contribution in [0.1, 0.15) is 48.0 Å². The Balaban J connectivity index is 1.63. The molecule has 0 bridgehead atoms. The predicted molar refractivity (Wildman–Crippen MR) is 97.4 cm³/mol. The van der Waals surface area contributed by atoms with Gasteiger partial charge in [0.2, 0.25) is 0 Å². The Morgan fingerprint density at radius 2 is 1.50 bits per heavy atom. The Hall–Kier alpha value is -2.82. The fourth-order valence-corrected chi connectivity index (χ4v) is 3.13. The van der Waals surface area contributed by atoms with Crippen LogP contribution in [0.25, 0.3) is 0 Å². The van der Waals surface area contributed by atoms with Gasteiger partial charge in [-0.2, -0.15) is 0 Å². The molecule has 0 heterocycles. The molecule has 1 saturated carbocycles. The van der Waals surface area contributed by atoms with Crippen molar-refractivity contribution in [3.63, 3.8) is 0 Å². The van der Waals surface area contributed by atoms with Gasteiger partial charge in [0.1, 0.15) is 6.61 Å². The number of hydrogen-bond donors (Lipinski definition) is 1. The summed E-state index contributed by atoms with van der Waals surface area (Å²) in [7, 11) is 0. The summed E-state index contributed by atoms with van der Waals surface area (Å²) in [6.45, 7) is 0.176. The SMILES string of the molecule is O=C(NC1(OC(=O)c2ccccc2)CCCCC1)OCc1ccccc1. The molecule has 0 unspecified atom stereocenters. The summed E-state index contributed by atoms with van der Waals surface area (Å²) in [4.78, 5) is 24.7. The molecule has 1 fully saturated rings. The van der Waals surface area contributed by atoms with E-state index in [4.69, 9.17) is 9.47 Å². The Bertz CT molecular complexity index is 724. The minimum absolute atomic E-state index is 0.176. The Morgan fingerprint density at radius 1 is 0.885 bits per heavy atom. The van der Waals surface area contributed by atoms with Gasteiger partial charge in [-0.15, -0.1) is 0 Å². The maximum absolute atomic E-state index is 12.5. The molecule has 1 amide bonds. The molecule has 0 atom stereocenters. The number of hydrogen-bond acceptors (Lipinski definition) is 4. The fraction of sp³-hybridized carbons (Fsp3) is 0.333. The average molecular weight is 353 g/mol. The Morgan fingerprint density at radius 3 is 2.15 bits per heavy atom. The maximum Gasteiger partial charge on any atom is 0.410 e. The van der Waals surface area contributed by atoms with Crippen molar-refractivity contribution in [2.24, 2.45) is 0 Å². The number of alkyl carbamates (subject to hydrolysis) is 1. The predicted octanol–water partition coefficient (Wildman–Crippen LogP) is 4.43. The Kier molecular flexibility index (Phi) is 5.89. The number of esters is 1. The van der Waals surface area contributed by atoms with E-state index >= 15 is 0 Å². The van der Waals surface area contributed by atoms with E-state index in [2.05, 4.69) is 5.32 Å². The molecule has 5 nitrogen and oxygen atoms in total. The van der Waals surface area contributed by atoms with E-state index in [1.54, 1.807) is 24.3 Å². The number of carbonyl (C=O) groups excluding carboxylic acids is 2. The first kappa shape index (κ1) is 18.0. The van der Waals surface area contributed by atoms with Gasteiger partial charge in [0, 0.05) is 12.8 Å². The second kappa shape index (κ2) is 8.52. The summed E-state index contributed by atoms with van der Waals surface area (Å²) in [6.07, 6.45) is 3.45. The third-order valence-corrected chi connectivity index (χ3v) is 4.50. The monoisotopic (exact) mass is 353 g/mol. The number of carbonyl (C=O) groups is 2. The molecular weight excluding hydrogens is 330 g/mol.